The van der Waals surface area contributed by atoms with Crippen LogP contribution >= 0.6 is 0 Å². The summed E-state index contributed by atoms with van der Waals surface area (Å²) in [5.74, 6) is -1.04. The topological polar surface area (TPSA) is 6.48 Å². The standard InChI is InChI=1S/C40H26F2N2/c41-29-15-19-33(20-16-29)43(31-7-3-1-4-8-31)37-25-13-27-12-24-36-38(26-14-28-11-23-35(37)39(27)40(28)36)44(32-9-5-2-6-10-32)34-21-17-30(42)18-22-34/h1-26H/i1D,2D,3D,4D,5D,6D,7D,8D,9D,10D. The van der Waals surface area contributed by atoms with Crippen molar-refractivity contribution in [2.45, 2.75) is 0 Å². The van der Waals surface area contributed by atoms with Crippen molar-refractivity contribution in [2.75, 3.05) is 9.80 Å². The first-order valence-electron chi connectivity index (χ1n) is 18.8. The second kappa shape index (κ2) is 10.5. The van der Waals surface area contributed by atoms with Crippen molar-refractivity contribution in [3.8, 4) is 0 Å². The summed E-state index contributed by atoms with van der Waals surface area (Å²) in [6, 6.07) is 20.4. The zero-order valence-corrected chi connectivity index (χ0v) is 22.9. The molecule has 44 heavy (non-hydrogen) atoms. The molecule has 4 heteroatoms. The van der Waals surface area contributed by atoms with Crippen LogP contribution in [0.4, 0.5) is 42.9 Å². The maximum Gasteiger partial charge on any atom is 0.123 e. The third kappa shape index (κ3) is 4.31. The van der Waals surface area contributed by atoms with E-state index in [0.29, 0.717) is 33.5 Å². The Morgan fingerprint density at radius 1 is 0.386 bits per heavy atom. The van der Waals surface area contributed by atoms with Crippen molar-refractivity contribution in [1.82, 2.24) is 0 Å². The maximum absolute atomic E-state index is 14.2. The van der Waals surface area contributed by atoms with Crippen molar-refractivity contribution < 1.29 is 22.5 Å². The molecule has 0 amide bonds. The Labute approximate surface area is 268 Å². The van der Waals surface area contributed by atoms with Gasteiger partial charge in [0.05, 0.1) is 25.1 Å². The Bertz CT molecular complexity index is 2560. The van der Waals surface area contributed by atoms with Crippen molar-refractivity contribution in [2.24, 2.45) is 0 Å². The van der Waals surface area contributed by atoms with Crippen LogP contribution in [0.25, 0.3) is 32.3 Å². The second-order valence-electron chi connectivity index (χ2n) is 10.2. The van der Waals surface area contributed by atoms with Gasteiger partial charge in [0.25, 0.3) is 0 Å². The quantitative estimate of drug-likeness (QED) is 0.180. The van der Waals surface area contributed by atoms with Crippen LogP contribution < -0.4 is 9.80 Å². The van der Waals surface area contributed by atoms with Crippen LogP contribution in [-0.2, 0) is 0 Å². The lowest BCUT2D eigenvalue weighted by molar-refractivity contribution is 0.627. The molecule has 8 rings (SSSR count). The fourth-order valence-corrected chi connectivity index (χ4v) is 5.83. The van der Waals surface area contributed by atoms with Crippen molar-refractivity contribution in [3.05, 3.63) is 169 Å². The van der Waals surface area contributed by atoms with Crippen LogP contribution in [0.15, 0.2) is 157 Å². The van der Waals surface area contributed by atoms with Crippen molar-refractivity contribution >= 4 is 66.4 Å². The average Bonchev–Trinajstić information content (AvgIpc) is 3.18. The molecule has 8 aromatic rings. The Hall–Kier alpha value is -5.74. The van der Waals surface area contributed by atoms with E-state index >= 15 is 0 Å². The molecule has 210 valence electrons. The molecule has 0 radical (unpaired) electrons. The minimum Gasteiger partial charge on any atom is -0.310 e. The maximum atomic E-state index is 14.2. The van der Waals surface area contributed by atoms with E-state index in [2.05, 4.69) is 0 Å². The lowest BCUT2D eigenvalue weighted by atomic mass is 9.91. The molecule has 0 saturated heterocycles. The predicted octanol–water partition coefficient (Wildman–Crippen LogP) is 11.8. The van der Waals surface area contributed by atoms with E-state index < -0.39 is 72.1 Å². The van der Waals surface area contributed by atoms with Gasteiger partial charge in [0.2, 0.25) is 0 Å². The van der Waals surface area contributed by atoms with Crippen LogP contribution in [0.2, 0.25) is 0 Å². The molecule has 2 nitrogen and oxygen atoms in total. The number of anilines is 6. The number of hydrogen-bond donors (Lipinski definition) is 0. The summed E-state index contributed by atoms with van der Waals surface area (Å²) in [4.78, 5) is 3.04. The number of para-hydroxylation sites is 2. The van der Waals surface area contributed by atoms with Gasteiger partial charge in [-0.2, -0.15) is 0 Å². The van der Waals surface area contributed by atoms with E-state index in [4.69, 9.17) is 13.7 Å². The normalized spacial score (nSPS) is 14.6. The molecule has 0 atom stereocenters. The second-order valence-corrected chi connectivity index (χ2v) is 10.2. The van der Waals surface area contributed by atoms with Gasteiger partial charge in [0.1, 0.15) is 11.6 Å². The summed E-state index contributed by atoms with van der Waals surface area (Å²) in [7, 11) is 0. The van der Waals surface area contributed by atoms with Crippen LogP contribution in [0.1, 0.15) is 13.7 Å². The van der Waals surface area contributed by atoms with Gasteiger partial charge in [-0.1, -0.05) is 72.7 Å². The highest BCUT2D eigenvalue weighted by molar-refractivity contribution is 6.28. The highest BCUT2D eigenvalue weighted by Gasteiger charge is 2.21. The van der Waals surface area contributed by atoms with Gasteiger partial charge >= 0.3 is 0 Å². The Kier molecular flexibility index (Phi) is 4.16. The lowest BCUT2D eigenvalue weighted by Gasteiger charge is -2.29. The number of benzene rings is 8. The monoisotopic (exact) mass is 582 g/mol. The van der Waals surface area contributed by atoms with Gasteiger partial charge in [-0.3, -0.25) is 0 Å². The van der Waals surface area contributed by atoms with Crippen LogP contribution in [0, 0.1) is 11.6 Å². The van der Waals surface area contributed by atoms with Gasteiger partial charge in [-0.25, -0.2) is 8.78 Å². The van der Waals surface area contributed by atoms with E-state index in [1.165, 1.54) is 58.3 Å². The third-order valence-corrected chi connectivity index (χ3v) is 7.69. The summed E-state index contributed by atoms with van der Waals surface area (Å²) in [5, 5.41) is 4.28. The fraction of sp³-hybridized carbons (Fsp3) is 0. The van der Waals surface area contributed by atoms with Crippen LogP contribution in [0.5, 0.6) is 0 Å². The molecular weight excluding hydrogens is 546 g/mol. The molecule has 0 aliphatic heterocycles. The van der Waals surface area contributed by atoms with Gasteiger partial charge in [-0.15, -0.1) is 0 Å². The molecule has 0 unspecified atom stereocenters. The Morgan fingerprint density at radius 3 is 1.14 bits per heavy atom. The molecule has 8 aromatic carbocycles. The fourth-order valence-electron chi connectivity index (χ4n) is 5.83. The molecule has 0 spiro atoms. The molecule has 0 aliphatic carbocycles. The van der Waals surface area contributed by atoms with Gasteiger partial charge < -0.3 is 9.80 Å². The van der Waals surface area contributed by atoms with Gasteiger partial charge in [0, 0.05) is 33.5 Å². The Balaban J connectivity index is 1.46. The molecular formula is C40H26F2N2. The first kappa shape index (κ1) is 17.4. The van der Waals surface area contributed by atoms with E-state index in [1.807, 2.05) is 36.4 Å². The molecule has 0 aliphatic rings. The molecule has 0 aromatic heterocycles. The van der Waals surface area contributed by atoms with Crippen molar-refractivity contribution in [3.63, 3.8) is 0 Å². The van der Waals surface area contributed by atoms with Crippen molar-refractivity contribution in [1.29, 1.82) is 0 Å². The number of hydrogen-bond acceptors (Lipinski definition) is 2. The largest absolute Gasteiger partial charge is 0.310 e. The molecule has 0 heterocycles. The SMILES string of the molecule is [2H]c1c([2H])c([2H])c(N(c2ccc(F)cc2)c2ccc3ccc4c(N(c5ccc(F)cc5)c5c([2H])c([2H])c([2H])c([2H])c5[2H])ccc5ccc2c3c54)c([2H])c1[2H]. The average molecular weight is 583 g/mol. The third-order valence-electron chi connectivity index (χ3n) is 7.69. The van der Waals surface area contributed by atoms with E-state index in [9.17, 15) is 8.78 Å². The molecule has 0 bridgehead atoms. The highest BCUT2D eigenvalue weighted by Crippen LogP contribution is 2.47. The van der Waals surface area contributed by atoms with E-state index in [0.717, 1.165) is 21.5 Å². The summed E-state index contributed by atoms with van der Waals surface area (Å²) in [6.45, 7) is 0. The predicted molar refractivity (Wildman–Crippen MR) is 179 cm³/mol. The van der Waals surface area contributed by atoms with Crippen LogP contribution in [0.3, 0.4) is 0 Å². The van der Waals surface area contributed by atoms with Gasteiger partial charge in [-0.05, 0) is 106 Å². The molecule has 0 N–H and O–H groups in total. The summed E-state index contributed by atoms with van der Waals surface area (Å²) in [6.07, 6.45) is 0. The molecule has 0 saturated carbocycles. The van der Waals surface area contributed by atoms with E-state index in [-0.39, 0.29) is 11.4 Å². The summed E-state index contributed by atoms with van der Waals surface area (Å²) in [5.41, 5.74) is 1.30. The smallest absolute Gasteiger partial charge is 0.123 e. The molecule has 0 fully saturated rings. The van der Waals surface area contributed by atoms with Crippen LogP contribution in [-0.4, -0.2) is 0 Å². The highest BCUT2D eigenvalue weighted by atomic mass is 19.1. The first-order chi connectivity index (χ1) is 25.8. The number of rotatable bonds is 6. The Morgan fingerprint density at radius 2 is 0.750 bits per heavy atom. The first-order valence-corrected chi connectivity index (χ1v) is 13.8. The summed E-state index contributed by atoms with van der Waals surface area (Å²) >= 11 is 0. The number of halogens is 2. The lowest BCUT2D eigenvalue weighted by Crippen LogP contribution is -2.11. The minimum absolute atomic E-state index is 0.132. The number of nitrogens with zero attached hydrogens (tertiary/aromatic N) is 2. The summed E-state index contributed by atoms with van der Waals surface area (Å²) < 4.78 is 114. The zero-order valence-electron chi connectivity index (χ0n) is 32.9. The zero-order chi connectivity index (χ0) is 38.3. The van der Waals surface area contributed by atoms with E-state index in [1.54, 1.807) is 12.1 Å². The van der Waals surface area contributed by atoms with Gasteiger partial charge in [0.15, 0.2) is 0 Å². The minimum atomic E-state index is -0.555.